The van der Waals surface area contributed by atoms with Gasteiger partial charge in [0, 0.05) is 17.5 Å². The van der Waals surface area contributed by atoms with Crippen molar-refractivity contribution in [2.75, 3.05) is 32.4 Å². The van der Waals surface area contributed by atoms with E-state index in [1.807, 2.05) is 18.2 Å². The molecule has 0 unspecified atom stereocenters. The van der Waals surface area contributed by atoms with Crippen molar-refractivity contribution in [2.24, 2.45) is 0 Å². The minimum Gasteiger partial charge on any atom is -0.353 e. The standard InChI is InChI=1S/C18H26N2OS/c1-22-17-9-6-16(7-10-17)8-11-18(21)19-12-5-15-20-13-3-2-4-14-20/h6-11H,2-5,12-15H2,1H3,(H,19,21)/b11-8+. The number of carbonyl (C=O) groups excluding carboxylic acids is 1. The summed E-state index contributed by atoms with van der Waals surface area (Å²) in [6.45, 7) is 4.30. The van der Waals surface area contributed by atoms with E-state index < -0.39 is 0 Å². The summed E-state index contributed by atoms with van der Waals surface area (Å²) in [6, 6.07) is 8.21. The number of likely N-dealkylation sites (tertiary alicyclic amines) is 1. The molecule has 0 saturated carbocycles. The predicted octanol–water partition coefficient (Wildman–Crippen LogP) is 3.41. The largest absolute Gasteiger partial charge is 0.353 e. The zero-order valence-corrected chi connectivity index (χ0v) is 14.2. The normalized spacial score (nSPS) is 16.0. The van der Waals surface area contributed by atoms with Crippen molar-refractivity contribution in [2.45, 2.75) is 30.6 Å². The molecule has 0 aromatic heterocycles. The zero-order valence-electron chi connectivity index (χ0n) is 13.4. The van der Waals surface area contributed by atoms with E-state index in [0.717, 1.165) is 25.1 Å². The zero-order chi connectivity index (χ0) is 15.6. The van der Waals surface area contributed by atoms with Crippen LogP contribution in [0.25, 0.3) is 6.08 Å². The first-order valence-electron chi connectivity index (χ1n) is 8.10. The summed E-state index contributed by atoms with van der Waals surface area (Å²) >= 11 is 1.72. The number of nitrogens with one attached hydrogen (secondary N) is 1. The van der Waals surface area contributed by atoms with Crippen molar-refractivity contribution in [3.8, 4) is 0 Å². The van der Waals surface area contributed by atoms with E-state index in [4.69, 9.17) is 0 Å². The van der Waals surface area contributed by atoms with Crippen molar-refractivity contribution in [1.29, 1.82) is 0 Å². The van der Waals surface area contributed by atoms with Crippen LogP contribution in [0.4, 0.5) is 0 Å². The number of carbonyl (C=O) groups is 1. The summed E-state index contributed by atoms with van der Waals surface area (Å²) in [5, 5.41) is 2.96. The second-order valence-corrected chi connectivity index (χ2v) is 6.53. The molecule has 1 aliphatic rings. The molecule has 1 aromatic carbocycles. The van der Waals surface area contributed by atoms with Gasteiger partial charge in [-0.25, -0.2) is 0 Å². The third kappa shape index (κ3) is 6.24. The van der Waals surface area contributed by atoms with E-state index in [2.05, 4.69) is 28.6 Å². The number of thioether (sulfide) groups is 1. The number of hydrogen-bond acceptors (Lipinski definition) is 3. The molecule has 0 aliphatic carbocycles. The Kier molecular flexibility index (Phi) is 7.54. The van der Waals surface area contributed by atoms with Gasteiger partial charge in [-0.05, 0) is 68.9 Å². The third-order valence-electron chi connectivity index (χ3n) is 3.94. The van der Waals surface area contributed by atoms with Crippen LogP contribution in [0.5, 0.6) is 0 Å². The van der Waals surface area contributed by atoms with Gasteiger partial charge in [0.15, 0.2) is 0 Å². The number of amides is 1. The number of nitrogens with zero attached hydrogens (tertiary/aromatic N) is 1. The lowest BCUT2D eigenvalue weighted by Gasteiger charge is -2.26. The van der Waals surface area contributed by atoms with Crippen LogP contribution in [-0.2, 0) is 4.79 Å². The van der Waals surface area contributed by atoms with Gasteiger partial charge in [0.05, 0.1) is 0 Å². The Hall–Kier alpha value is -1.26. The summed E-state index contributed by atoms with van der Waals surface area (Å²) < 4.78 is 0. The topological polar surface area (TPSA) is 32.3 Å². The maximum absolute atomic E-state index is 11.8. The fourth-order valence-corrected chi connectivity index (χ4v) is 3.05. The van der Waals surface area contributed by atoms with Gasteiger partial charge in [-0.3, -0.25) is 4.79 Å². The molecule has 4 heteroatoms. The predicted molar refractivity (Wildman–Crippen MR) is 95.2 cm³/mol. The smallest absolute Gasteiger partial charge is 0.243 e. The number of hydrogen-bond donors (Lipinski definition) is 1. The average molecular weight is 318 g/mol. The second kappa shape index (κ2) is 9.70. The Morgan fingerprint density at radius 1 is 1.23 bits per heavy atom. The summed E-state index contributed by atoms with van der Waals surface area (Å²) in [7, 11) is 0. The van der Waals surface area contributed by atoms with Gasteiger partial charge in [0.1, 0.15) is 0 Å². The first-order valence-corrected chi connectivity index (χ1v) is 9.33. The quantitative estimate of drug-likeness (QED) is 0.475. The van der Waals surface area contributed by atoms with Crippen molar-refractivity contribution < 1.29 is 4.79 Å². The Balaban J connectivity index is 1.63. The minimum atomic E-state index is -0.00686. The first kappa shape index (κ1) is 17.1. The Morgan fingerprint density at radius 2 is 1.95 bits per heavy atom. The molecule has 0 atom stereocenters. The fourth-order valence-electron chi connectivity index (χ4n) is 2.64. The van der Waals surface area contributed by atoms with E-state index in [1.54, 1.807) is 17.8 Å². The molecule has 0 radical (unpaired) electrons. The highest BCUT2D eigenvalue weighted by Crippen LogP contribution is 2.15. The van der Waals surface area contributed by atoms with Gasteiger partial charge in [0.2, 0.25) is 5.91 Å². The molecule has 1 aromatic rings. The monoisotopic (exact) mass is 318 g/mol. The first-order chi connectivity index (χ1) is 10.8. The minimum absolute atomic E-state index is 0.00686. The summed E-state index contributed by atoms with van der Waals surface area (Å²) in [5.74, 6) is -0.00686. The molecule has 1 heterocycles. The van der Waals surface area contributed by atoms with Crippen LogP contribution >= 0.6 is 11.8 Å². The molecular weight excluding hydrogens is 292 g/mol. The van der Waals surface area contributed by atoms with Crippen molar-refractivity contribution in [3.05, 3.63) is 35.9 Å². The van der Waals surface area contributed by atoms with E-state index >= 15 is 0 Å². The van der Waals surface area contributed by atoms with Gasteiger partial charge in [-0.1, -0.05) is 18.6 Å². The van der Waals surface area contributed by atoms with Gasteiger partial charge < -0.3 is 10.2 Å². The van der Waals surface area contributed by atoms with E-state index in [9.17, 15) is 4.79 Å². The fraction of sp³-hybridized carbons (Fsp3) is 0.500. The van der Waals surface area contributed by atoms with Crippen LogP contribution in [0, 0.1) is 0 Å². The lowest BCUT2D eigenvalue weighted by atomic mass is 10.1. The molecule has 1 saturated heterocycles. The second-order valence-electron chi connectivity index (χ2n) is 5.65. The van der Waals surface area contributed by atoms with Crippen LogP contribution in [0.2, 0.25) is 0 Å². The Morgan fingerprint density at radius 3 is 2.64 bits per heavy atom. The van der Waals surface area contributed by atoms with Crippen LogP contribution in [-0.4, -0.2) is 43.2 Å². The highest BCUT2D eigenvalue weighted by Gasteiger charge is 2.08. The Bertz CT molecular complexity index is 478. The lowest BCUT2D eigenvalue weighted by Crippen LogP contribution is -2.33. The summed E-state index contributed by atoms with van der Waals surface area (Å²) in [4.78, 5) is 15.5. The highest BCUT2D eigenvalue weighted by atomic mass is 32.2. The molecule has 0 spiro atoms. The molecule has 22 heavy (non-hydrogen) atoms. The molecule has 3 nitrogen and oxygen atoms in total. The molecule has 0 bridgehead atoms. The molecule has 2 rings (SSSR count). The average Bonchev–Trinajstić information content (AvgIpc) is 2.58. The van der Waals surface area contributed by atoms with Crippen molar-refractivity contribution in [3.63, 3.8) is 0 Å². The lowest BCUT2D eigenvalue weighted by molar-refractivity contribution is -0.116. The number of piperidine rings is 1. The SMILES string of the molecule is CSc1ccc(/C=C/C(=O)NCCCN2CCCCC2)cc1. The molecule has 1 aliphatic heterocycles. The van der Waals surface area contributed by atoms with Gasteiger partial charge >= 0.3 is 0 Å². The van der Waals surface area contributed by atoms with Crippen molar-refractivity contribution in [1.82, 2.24) is 10.2 Å². The van der Waals surface area contributed by atoms with Crippen LogP contribution in [0.3, 0.4) is 0 Å². The summed E-state index contributed by atoms with van der Waals surface area (Å²) in [5.41, 5.74) is 1.06. The third-order valence-corrected chi connectivity index (χ3v) is 4.69. The molecule has 1 N–H and O–H groups in total. The van der Waals surface area contributed by atoms with Crippen molar-refractivity contribution >= 4 is 23.7 Å². The Labute approximate surface area is 138 Å². The van der Waals surface area contributed by atoms with Crippen LogP contribution < -0.4 is 5.32 Å². The highest BCUT2D eigenvalue weighted by molar-refractivity contribution is 7.98. The van der Waals surface area contributed by atoms with E-state index in [0.29, 0.717) is 0 Å². The molecule has 120 valence electrons. The van der Waals surface area contributed by atoms with Gasteiger partial charge in [-0.15, -0.1) is 11.8 Å². The van der Waals surface area contributed by atoms with E-state index in [1.165, 1.54) is 37.2 Å². The summed E-state index contributed by atoms with van der Waals surface area (Å²) in [6.07, 6.45) is 10.6. The van der Waals surface area contributed by atoms with Gasteiger partial charge in [-0.2, -0.15) is 0 Å². The number of rotatable bonds is 7. The maximum atomic E-state index is 11.8. The maximum Gasteiger partial charge on any atom is 0.243 e. The van der Waals surface area contributed by atoms with Crippen LogP contribution in [0.1, 0.15) is 31.2 Å². The molecule has 1 amide bonds. The van der Waals surface area contributed by atoms with Gasteiger partial charge in [0.25, 0.3) is 0 Å². The van der Waals surface area contributed by atoms with E-state index in [-0.39, 0.29) is 5.91 Å². The number of benzene rings is 1. The van der Waals surface area contributed by atoms with Crippen LogP contribution in [0.15, 0.2) is 35.2 Å². The molecule has 1 fully saturated rings. The molecular formula is C18H26N2OS.